The van der Waals surface area contributed by atoms with Crippen molar-refractivity contribution in [3.05, 3.63) is 52.6 Å². The summed E-state index contributed by atoms with van der Waals surface area (Å²) in [5.41, 5.74) is 2.70. The van der Waals surface area contributed by atoms with Crippen LogP contribution < -0.4 is 18.9 Å². The Morgan fingerprint density at radius 2 is 1.66 bits per heavy atom. The van der Waals surface area contributed by atoms with E-state index in [1.165, 1.54) is 21.3 Å². The second kappa shape index (κ2) is 9.01. The van der Waals surface area contributed by atoms with Crippen LogP contribution in [0.5, 0.6) is 23.0 Å². The van der Waals surface area contributed by atoms with Gasteiger partial charge < -0.3 is 24.1 Å². The number of ketones is 1. The number of hydrogen-bond donors (Lipinski definition) is 1. The first-order valence-electron chi connectivity index (χ1n) is 9.43. The van der Waals surface area contributed by atoms with Crippen LogP contribution in [0.2, 0.25) is 0 Å². The van der Waals surface area contributed by atoms with Gasteiger partial charge in [0, 0.05) is 11.1 Å². The van der Waals surface area contributed by atoms with E-state index in [1.54, 1.807) is 19.2 Å². The molecule has 1 unspecified atom stereocenters. The Bertz CT molecular complexity index is 906. The van der Waals surface area contributed by atoms with Crippen LogP contribution in [-0.2, 0) is 0 Å². The fourth-order valence-electron chi connectivity index (χ4n) is 3.58. The molecule has 3 rings (SSSR count). The number of fused-ring (bicyclic) bond motifs is 1. The van der Waals surface area contributed by atoms with Gasteiger partial charge in [-0.2, -0.15) is 0 Å². The molecule has 29 heavy (non-hydrogen) atoms. The van der Waals surface area contributed by atoms with Crippen LogP contribution in [0.3, 0.4) is 0 Å². The molecule has 154 valence electrons. The van der Waals surface area contributed by atoms with Gasteiger partial charge in [-0.3, -0.25) is 4.79 Å². The van der Waals surface area contributed by atoms with E-state index in [0.29, 0.717) is 53.4 Å². The third-order valence-electron chi connectivity index (χ3n) is 5.12. The molecule has 0 spiro atoms. The van der Waals surface area contributed by atoms with Gasteiger partial charge in [0.25, 0.3) is 0 Å². The smallest absolute Gasteiger partial charge is 0.203 e. The Morgan fingerprint density at radius 3 is 2.24 bits per heavy atom. The van der Waals surface area contributed by atoms with Crippen molar-refractivity contribution < 1.29 is 28.8 Å². The number of methoxy groups -OCH3 is 4. The summed E-state index contributed by atoms with van der Waals surface area (Å²) in [5.74, 6) is 1.87. The number of carbonyl (C=O) groups excluding carboxylic acids is 1. The van der Waals surface area contributed by atoms with Crippen LogP contribution in [0.25, 0.3) is 6.08 Å². The lowest BCUT2D eigenvalue weighted by atomic mass is 9.89. The van der Waals surface area contributed by atoms with E-state index in [1.807, 2.05) is 24.3 Å². The number of benzene rings is 2. The molecule has 0 bridgehead atoms. The van der Waals surface area contributed by atoms with E-state index in [4.69, 9.17) is 18.9 Å². The lowest BCUT2D eigenvalue weighted by Gasteiger charge is -2.20. The van der Waals surface area contributed by atoms with Crippen LogP contribution in [0, 0.1) is 0 Å². The molecule has 0 saturated heterocycles. The first kappa shape index (κ1) is 20.7. The van der Waals surface area contributed by atoms with Crippen LogP contribution >= 0.6 is 0 Å². The number of hydrogen-bond acceptors (Lipinski definition) is 6. The van der Waals surface area contributed by atoms with E-state index in [2.05, 4.69) is 0 Å². The third kappa shape index (κ3) is 4.22. The Balaban J connectivity index is 2.06. The van der Waals surface area contributed by atoms with Crippen LogP contribution in [0.4, 0.5) is 0 Å². The molecular formula is C23H26O6. The van der Waals surface area contributed by atoms with Gasteiger partial charge in [0.1, 0.15) is 5.75 Å². The predicted octanol–water partition coefficient (Wildman–Crippen LogP) is 4.20. The molecule has 6 heteroatoms. The summed E-state index contributed by atoms with van der Waals surface area (Å²) in [6, 6.07) is 8.83. The van der Waals surface area contributed by atoms with E-state index in [0.717, 1.165) is 11.1 Å². The lowest BCUT2D eigenvalue weighted by Crippen LogP contribution is -2.10. The van der Waals surface area contributed by atoms with Crippen molar-refractivity contribution in [1.82, 2.24) is 0 Å². The highest BCUT2D eigenvalue weighted by Crippen LogP contribution is 2.39. The molecule has 0 aliphatic heterocycles. The largest absolute Gasteiger partial charge is 0.497 e. The number of Topliss-reactive ketones (excluding diaryl/α,β-unsaturated/α-hetero) is 1. The van der Waals surface area contributed by atoms with Crippen molar-refractivity contribution in [3.8, 4) is 23.0 Å². The average Bonchev–Trinajstić information content (AvgIpc) is 2.75. The Morgan fingerprint density at radius 1 is 0.966 bits per heavy atom. The van der Waals surface area contributed by atoms with Gasteiger partial charge in [-0.05, 0) is 60.7 Å². The van der Waals surface area contributed by atoms with Gasteiger partial charge >= 0.3 is 0 Å². The third-order valence-corrected chi connectivity index (χ3v) is 5.12. The fourth-order valence-corrected chi connectivity index (χ4v) is 3.58. The Labute approximate surface area is 170 Å². The molecule has 0 aromatic heterocycles. The van der Waals surface area contributed by atoms with Gasteiger partial charge in [-0.15, -0.1) is 0 Å². The van der Waals surface area contributed by atoms with E-state index in [-0.39, 0.29) is 5.78 Å². The maximum absolute atomic E-state index is 13.3. The van der Waals surface area contributed by atoms with Crippen molar-refractivity contribution in [2.45, 2.75) is 25.4 Å². The summed E-state index contributed by atoms with van der Waals surface area (Å²) in [6.45, 7) is 0. The van der Waals surface area contributed by atoms with Gasteiger partial charge in [0.2, 0.25) is 5.75 Å². The van der Waals surface area contributed by atoms with E-state index < -0.39 is 6.10 Å². The molecule has 0 saturated carbocycles. The number of allylic oxidation sites excluding steroid dienone is 1. The maximum atomic E-state index is 13.3. The number of carbonyl (C=O) groups is 1. The lowest BCUT2D eigenvalue weighted by molar-refractivity contribution is 0.102. The molecule has 1 N–H and O–H groups in total. The molecule has 1 aliphatic carbocycles. The molecule has 0 heterocycles. The molecule has 6 nitrogen and oxygen atoms in total. The minimum Gasteiger partial charge on any atom is -0.497 e. The van der Waals surface area contributed by atoms with Crippen molar-refractivity contribution in [1.29, 1.82) is 0 Å². The second-order valence-corrected chi connectivity index (χ2v) is 6.82. The Hall–Kier alpha value is -2.99. The highest BCUT2D eigenvalue weighted by Gasteiger charge is 2.22. The summed E-state index contributed by atoms with van der Waals surface area (Å²) in [4.78, 5) is 13.3. The zero-order valence-electron chi connectivity index (χ0n) is 17.2. The zero-order chi connectivity index (χ0) is 21.0. The van der Waals surface area contributed by atoms with Gasteiger partial charge in [0.05, 0.1) is 34.5 Å². The van der Waals surface area contributed by atoms with Gasteiger partial charge in [-0.25, -0.2) is 0 Å². The molecule has 0 fully saturated rings. The summed E-state index contributed by atoms with van der Waals surface area (Å²) >= 11 is 0. The molecule has 0 radical (unpaired) electrons. The monoisotopic (exact) mass is 398 g/mol. The zero-order valence-corrected chi connectivity index (χ0v) is 17.2. The predicted molar refractivity (Wildman–Crippen MR) is 110 cm³/mol. The highest BCUT2D eigenvalue weighted by molar-refractivity contribution is 6.12. The first-order valence-corrected chi connectivity index (χ1v) is 9.43. The second-order valence-electron chi connectivity index (χ2n) is 6.82. The number of ether oxygens (including phenoxy) is 4. The number of aliphatic hydroxyl groups excluding tert-OH is 1. The Kier molecular flexibility index (Phi) is 6.44. The molecule has 2 aromatic rings. The van der Waals surface area contributed by atoms with E-state index in [9.17, 15) is 9.90 Å². The highest BCUT2D eigenvalue weighted by atomic mass is 16.5. The fraction of sp³-hybridized carbons (Fsp3) is 0.348. The summed E-state index contributed by atoms with van der Waals surface area (Å²) in [5, 5.41) is 10.5. The maximum Gasteiger partial charge on any atom is 0.203 e. The van der Waals surface area contributed by atoms with E-state index >= 15 is 0 Å². The van der Waals surface area contributed by atoms with Gasteiger partial charge in [-0.1, -0.05) is 6.07 Å². The minimum atomic E-state index is -0.589. The SMILES string of the molecule is COc1ccc2c(c1)C(O)CCC/C(C(=O)c1cc(OC)c(OC)c(OC)c1)=C\2. The van der Waals surface area contributed by atoms with Crippen LogP contribution in [-0.4, -0.2) is 39.3 Å². The minimum absolute atomic E-state index is 0.109. The standard InChI is InChI=1S/C23H26O6/c1-26-17-9-8-14-10-15(6-5-7-19(24)18(14)13-17)22(25)16-11-20(27-2)23(29-4)21(12-16)28-3/h8-13,19,24H,5-7H2,1-4H3/b15-10+. The summed E-state index contributed by atoms with van der Waals surface area (Å²) in [7, 11) is 6.15. The molecular weight excluding hydrogens is 372 g/mol. The quantitative estimate of drug-likeness (QED) is 0.735. The first-order chi connectivity index (χ1) is 14.0. The molecule has 2 aromatic carbocycles. The average molecular weight is 398 g/mol. The molecule has 1 atom stereocenters. The van der Waals surface area contributed by atoms with Crippen molar-refractivity contribution in [2.24, 2.45) is 0 Å². The normalized spacial score (nSPS) is 17.8. The van der Waals surface area contributed by atoms with Crippen molar-refractivity contribution in [2.75, 3.05) is 28.4 Å². The molecule has 1 aliphatic rings. The van der Waals surface area contributed by atoms with Crippen LogP contribution in [0.15, 0.2) is 35.9 Å². The van der Waals surface area contributed by atoms with Gasteiger partial charge in [0.15, 0.2) is 17.3 Å². The molecule has 0 amide bonds. The summed E-state index contributed by atoms with van der Waals surface area (Å²) in [6.07, 6.45) is 3.09. The number of rotatable bonds is 6. The topological polar surface area (TPSA) is 74.2 Å². The summed E-state index contributed by atoms with van der Waals surface area (Å²) < 4.78 is 21.4. The van der Waals surface area contributed by atoms with Crippen LogP contribution in [0.1, 0.15) is 46.9 Å². The van der Waals surface area contributed by atoms with Crippen molar-refractivity contribution in [3.63, 3.8) is 0 Å². The number of aliphatic hydroxyl groups is 1. The van der Waals surface area contributed by atoms with Crippen molar-refractivity contribution >= 4 is 11.9 Å².